The monoisotopic (exact) mass is 288 g/mol. The quantitative estimate of drug-likeness (QED) is 0.848. The first kappa shape index (κ1) is 14.2. The Morgan fingerprint density at radius 2 is 2.00 bits per heavy atom. The van der Waals surface area contributed by atoms with E-state index in [4.69, 9.17) is 10.5 Å². The number of halogens is 1. The third-order valence-corrected chi connectivity index (χ3v) is 5.30. The van der Waals surface area contributed by atoms with Crippen LogP contribution in [0.15, 0.2) is 23.1 Å². The van der Waals surface area contributed by atoms with Crippen molar-refractivity contribution in [2.24, 2.45) is 0 Å². The number of rotatable bonds is 3. The van der Waals surface area contributed by atoms with E-state index < -0.39 is 15.8 Å². The summed E-state index contributed by atoms with van der Waals surface area (Å²) < 4.78 is 44.6. The SMILES string of the molecule is CN(C1CCOCC1)S(=O)(=O)c1cc(F)ccc1N. The van der Waals surface area contributed by atoms with E-state index in [1.807, 2.05) is 0 Å². The molecule has 2 rings (SSSR count). The van der Waals surface area contributed by atoms with Gasteiger partial charge in [-0.05, 0) is 31.0 Å². The van der Waals surface area contributed by atoms with E-state index in [0.717, 1.165) is 12.1 Å². The smallest absolute Gasteiger partial charge is 0.245 e. The van der Waals surface area contributed by atoms with Crippen LogP contribution in [0.2, 0.25) is 0 Å². The lowest BCUT2D eigenvalue weighted by molar-refractivity contribution is 0.0632. The van der Waals surface area contributed by atoms with Crippen LogP contribution in [-0.4, -0.2) is 39.0 Å². The molecule has 1 aromatic rings. The van der Waals surface area contributed by atoms with Crippen molar-refractivity contribution in [2.75, 3.05) is 26.0 Å². The number of hydrogen-bond donors (Lipinski definition) is 1. The largest absolute Gasteiger partial charge is 0.398 e. The molecule has 0 aromatic heterocycles. The fraction of sp³-hybridized carbons (Fsp3) is 0.500. The summed E-state index contributed by atoms with van der Waals surface area (Å²) in [6.45, 7) is 1.06. The average Bonchev–Trinajstić information content (AvgIpc) is 2.41. The lowest BCUT2D eigenvalue weighted by atomic mass is 10.1. The third kappa shape index (κ3) is 2.88. The van der Waals surface area contributed by atoms with Crippen molar-refractivity contribution in [3.05, 3.63) is 24.0 Å². The second-order valence-corrected chi connectivity index (χ2v) is 6.51. The molecule has 2 N–H and O–H groups in total. The molecule has 1 aliphatic rings. The summed E-state index contributed by atoms with van der Waals surface area (Å²) in [5.41, 5.74) is 5.70. The summed E-state index contributed by atoms with van der Waals surface area (Å²) in [5.74, 6) is -0.617. The molecule has 1 heterocycles. The van der Waals surface area contributed by atoms with Crippen molar-refractivity contribution in [1.82, 2.24) is 4.31 Å². The van der Waals surface area contributed by atoms with Crippen LogP contribution in [0.3, 0.4) is 0 Å². The summed E-state index contributed by atoms with van der Waals surface area (Å²) in [7, 11) is -2.28. The van der Waals surface area contributed by atoms with Crippen molar-refractivity contribution >= 4 is 15.7 Å². The number of sulfonamides is 1. The number of nitrogens with zero attached hydrogens (tertiary/aromatic N) is 1. The normalized spacial score (nSPS) is 17.8. The van der Waals surface area contributed by atoms with E-state index in [9.17, 15) is 12.8 Å². The molecule has 0 radical (unpaired) electrons. The van der Waals surface area contributed by atoms with E-state index in [2.05, 4.69) is 0 Å². The Hall–Kier alpha value is -1.18. The van der Waals surface area contributed by atoms with Crippen molar-refractivity contribution < 1.29 is 17.5 Å². The molecule has 1 aromatic carbocycles. The zero-order chi connectivity index (χ0) is 14.0. The van der Waals surface area contributed by atoms with Crippen LogP contribution in [0.25, 0.3) is 0 Å². The van der Waals surface area contributed by atoms with Gasteiger partial charge < -0.3 is 10.5 Å². The third-order valence-electron chi connectivity index (χ3n) is 3.34. The molecule has 0 bridgehead atoms. The van der Waals surface area contributed by atoms with Gasteiger partial charge in [-0.1, -0.05) is 0 Å². The molecule has 1 fully saturated rings. The highest BCUT2D eigenvalue weighted by Gasteiger charge is 2.30. The minimum absolute atomic E-state index is 0.0558. The van der Waals surface area contributed by atoms with Gasteiger partial charge >= 0.3 is 0 Å². The predicted molar refractivity (Wildman–Crippen MR) is 69.6 cm³/mol. The Labute approximate surface area is 112 Å². The second-order valence-electron chi connectivity index (χ2n) is 4.55. The van der Waals surface area contributed by atoms with Crippen molar-refractivity contribution in [2.45, 2.75) is 23.8 Å². The first-order valence-electron chi connectivity index (χ1n) is 6.03. The van der Waals surface area contributed by atoms with Crippen molar-refractivity contribution in [3.8, 4) is 0 Å². The number of nitrogens with two attached hydrogens (primary N) is 1. The van der Waals surface area contributed by atoms with Crippen LogP contribution in [0.4, 0.5) is 10.1 Å². The highest BCUT2D eigenvalue weighted by atomic mass is 32.2. The first-order valence-corrected chi connectivity index (χ1v) is 7.48. The summed E-state index contributed by atoms with van der Waals surface area (Å²) in [4.78, 5) is -0.179. The Bertz CT molecular complexity index is 556. The minimum atomic E-state index is -3.78. The molecule has 0 unspecified atom stereocenters. The standard InChI is InChI=1S/C12H17FN2O3S/c1-15(10-4-6-18-7-5-10)19(16,17)12-8-9(13)2-3-11(12)14/h2-3,8,10H,4-7,14H2,1H3. The molecule has 7 heteroatoms. The Morgan fingerprint density at radius 3 is 2.63 bits per heavy atom. The number of hydrogen-bond acceptors (Lipinski definition) is 4. The van der Waals surface area contributed by atoms with Gasteiger partial charge in [-0.25, -0.2) is 12.8 Å². The zero-order valence-electron chi connectivity index (χ0n) is 10.7. The van der Waals surface area contributed by atoms with Gasteiger partial charge in [0.25, 0.3) is 0 Å². The first-order chi connectivity index (χ1) is 8.93. The molecule has 0 spiro atoms. The Kier molecular flexibility index (Phi) is 4.07. The maximum atomic E-state index is 13.2. The van der Waals surface area contributed by atoms with Crippen molar-refractivity contribution in [3.63, 3.8) is 0 Å². The molecule has 106 valence electrons. The Morgan fingerprint density at radius 1 is 1.37 bits per heavy atom. The predicted octanol–water partition coefficient (Wildman–Crippen LogP) is 1.21. The Balaban J connectivity index is 2.33. The lowest BCUT2D eigenvalue weighted by Gasteiger charge is -2.30. The maximum Gasteiger partial charge on any atom is 0.245 e. The number of ether oxygens (including phenoxy) is 1. The molecule has 1 aliphatic heterocycles. The minimum Gasteiger partial charge on any atom is -0.398 e. The molecule has 1 saturated heterocycles. The van der Waals surface area contributed by atoms with E-state index in [0.29, 0.717) is 26.1 Å². The zero-order valence-corrected chi connectivity index (χ0v) is 11.5. The number of anilines is 1. The van der Waals surface area contributed by atoms with Gasteiger partial charge in [-0.2, -0.15) is 4.31 Å². The van der Waals surface area contributed by atoms with Gasteiger partial charge in [0.1, 0.15) is 10.7 Å². The van der Waals surface area contributed by atoms with Gasteiger partial charge in [-0.15, -0.1) is 0 Å². The molecule has 0 amide bonds. The summed E-state index contributed by atoms with van der Waals surface area (Å²) >= 11 is 0. The highest BCUT2D eigenvalue weighted by molar-refractivity contribution is 7.89. The van der Waals surface area contributed by atoms with Crippen LogP contribution in [0.1, 0.15) is 12.8 Å². The lowest BCUT2D eigenvalue weighted by Crippen LogP contribution is -2.40. The van der Waals surface area contributed by atoms with Crippen LogP contribution < -0.4 is 5.73 Å². The van der Waals surface area contributed by atoms with Crippen molar-refractivity contribution in [1.29, 1.82) is 0 Å². The van der Waals surface area contributed by atoms with Gasteiger partial charge in [0.2, 0.25) is 10.0 Å². The van der Waals surface area contributed by atoms with Crippen LogP contribution in [0.5, 0.6) is 0 Å². The maximum absolute atomic E-state index is 13.2. The van der Waals surface area contributed by atoms with Gasteiger partial charge in [-0.3, -0.25) is 0 Å². The number of benzene rings is 1. The van der Waals surface area contributed by atoms with Crippen LogP contribution in [-0.2, 0) is 14.8 Å². The van der Waals surface area contributed by atoms with Gasteiger partial charge in [0.15, 0.2) is 0 Å². The van der Waals surface area contributed by atoms with Gasteiger partial charge in [0, 0.05) is 26.3 Å². The van der Waals surface area contributed by atoms with E-state index >= 15 is 0 Å². The van der Waals surface area contributed by atoms with E-state index in [1.54, 1.807) is 0 Å². The van der Waals surface area contributed by atoms with Crippen LogP contribution >= 0.6 is 0 Å². The van der Waals surface area contributed by atoms with Gasteiger partial charge in [0.05, 0.1) is 5.69 Å². The fourth-order valence-corrected chi connectivity index (χ4v) is 3.67. The summed E-state index contributed by atoms with van der Waals surface area (Å²) in [6, 6.07) is 3.23. The van der Waals surface area contributed by atoms with E-state index in [-0.39, 0.29) is 16.6 Å². The molecule has 0 saturated carbocycles. The van der Waals surface area contributed by atoms with E-state index in [1.165, 1.54) is 17.4 Å². The average molecular weight is 288 g/mol. The molecular weight excluding hydrogens is 271 g/mol. The molecule has 19 heavy (non-hydrogen) atoms. The second kappa shape index (κ2) is 5.44. The number of nitrogen functional groups attached to an aromatic ring is 1. The summed E-state index contributed by atoms with van der Waals surface area (Å²) in [6.07, 6.45) is 1.26. The molecule has 5 nitrogen and oxygen atoms in total. The fourth-order valence-electron chi connectivity index (χ4n) is 2.13. The van der Waals surface area contributed by atoms with Crippen LogP contribution in [0, 0.1) is 5.82 Å². The highest BCUT2D eigenvalue weighted by Crippen LogP contribution is 2.26. The molecular formula is C12H17FN2O3S. The summed E-state index contributed by atoms with van der Waals surface area (Å²) in [5, 5.41) is 0. The molecule has 0 atom stereocenters. The topological polar surface area (TPSA) is 72.6 Å². The molecule has 0 aliphatic carbocycles.